The Kier molecular flexibility index (Phi) is 2.86. The van der Waals surface area contributed by atoms with Crippen molar-refractivity contribution in [2.75, 3.05) is 0 Å². The van der Waals surface area contributed by atoms with E-state index in [9.17, 15) is 8.78 Å². The van der Waals surface area contributed by atoms with Crippen molar-refractivity contribution in [1.29, 1.82) is 0 Å². The Morgan fingerprint density at radius 1 is 0.444 bits per heavy atom. The number of rotatable bonds is 0. The SMILES string of the molecule is Fc1cccc2c1-c1c(F)cccc1S21c2ccccc2-c2ccccc21. The van der Waals surface area contributed by atoms with E-state index in [1.807, 2.05) is 36.4 Å². The highest BCUT2D eigenvalue weighted by Crippen LogP contribution is 2.85. The predicted octanol–water partition coefficient (Wildman–Crippen LogP) is 7.27. The number of hydrogen-bond donors (Lipinski definition) is 0. The van der Waals surface area contributed by atoms with Crippen LogP contribution < -0.4 is 0 Å². The summed E-state index contributed by atoms with van der Waals surface area (Å²) in [5.74, 6) is -0.713. The maximum atomic E-state index is 15.0. The van der Waals surface area contributed by atoms with Crippen molar-refractivity contribution in [3.63, 3.8) is 0 Å². The first-order chi connectivity index (χ1) is 13.2. The second-order valence-electron chi connectivity index (χ2n) is 6.83. The number of fused-ring (bicyclic) bond motifs is 10. The van der Waals surface area contributed by atoms with Gasteiger partial charge in [0.15, 0.2) is 0 Å². The van der Waals surface area contributed by atoms with Gasteiger partial charge < -0.3 is 0 Å². The maximum absolute atomic E-state index is 15.0. The van der Waals surface area contributed by atoms with Crippen LogP contribution >= 0.6 is 10.0 Å². The Hall–Kier alpha value is -2.91. The quantitative estimate of drug-likeness (QED) is 0.263. The minimum atomic E-state index is -1.89. The first-order valence-electron chi connectivity index (χ1n) is 8.84. The molecule has 3 heteroatoms. The Balaban J connectivity index is 1.90. The normalized spacial score (nSPS) is 15.8. The number of halogens is 2. The van der Waals surface area contributed by atoms with Crippen LogP contribution in [0.5, 0.6) is 0 Å². The lowest BCUT2D eigenvalue weighted by Crippen LogP contribution is -1.98. The molecule has 0 unspecified atom stereocenters. The lowest BCUT2D eigenvalue weighted by Gasteiger charge is -2.36. The number of benzene rings is 4. The molecule has 0 saturated heterocycles. The Morgan fingerprint density at radius 2 is 0.852 bits per heavy atom. The summed E-state index contributed by atoms with van der Waals surface area (Å²) in [7, 11) is -1.89. The molecule has 0 aromatic heterocycles. The van der Waals surface area contributed by atoms with Crippen LogP contribution in [0, 0.1) is 11.6 Å². The molecule has 0 bridgehead atoms. The van der Waals surface area contributed by atoms with E-state index in [4.69, 9.17) is 0 Å². The third-order valence-electron chi connectivity index (χ3n) is 5.58. The fraction of sp³-hybridized carbons (Fsp3) is 0. The molecule has 27 heavy (non-hydrogen) atoms. The molecule has 0 fully saturated rings. The van der Waals surface area contributed by atoms with Crippen LogP contribution in [0.3, 0.4) is 0 Å². The van der Waals surface area contributed by atoms with Crippen molar-refractivity contribution in [2.45, 2.75) is 19.6 Å². The van der Waals surface area contributed by atoms with Crippen molar-refractivity contribution in [1.82, 2.24) is 0 Å². The van der Waals surface area contributed by atoms with E-state index in [0.717, 1.165) is 20.9 Å². The zero-order chi connectivity index (χ0) is 18.2. The second-order valence-corrected chi connectivity index (χ2v) is 9.81. The van der Waals surface area contributed by atoms with Gasteiger partial charge in [0.1, 0.15) is 11.6 Å². The average molecular weight is 372 g/mol. The third kappa shape index (κ3) is 1.64. The van der Waals surface area contributed by atoms with Crippen LogP contribution in [0.4, 0.5) is 8.78 Å². The van der Waals surface area contributed by atoms with Gasteiger partial charge in [-0.15, -0.1) is 10.0 Å². The smallest absolute Gasteiger partial charge is 0.132 e. The maximum Gasteiger partial charge on any atom is 0.132 e. The first kappa shape index (κ1) is 15.2. The molecule has 0 atom stereocenters. The van der Waals surface area contributed by atoms with Crippen LogP contribution in [0.25, 0.3) is 22.3 Å². The van der Waals surface area contributed by atoms with Crippen LogP contribution in [0.1, 0.15) is 0 Å². The molecule has 1 spiro atoms. The fourth-order valence-corrected chi connectivity index (χ4v) is 9.21. The highest BCUT2D eigenvalue weighted by atomic mass is 32.3. The highest BCUT2D eigenvalue weighted by molar-refractivity contribution is 8.34. The fourth-order valence-electron chi connectivity index (χ4n) is 4.63. The molecular formula is C24H14F2S. The van der Waals surface area contributed by atoms with Crippen LogP contribution in [-0.2, 0) is 0 Å². The molecule has 0 amide bonds. The molecule has 4 aromatic carbocycles. The molecule has 0 nitrogen and oxygen atoms in total. The van der Waals surface area contributed by atoms with Gasteiger partial charge in [0, 0.05) is 30.7 Å². The minimum absolute atomic E-state index is 0.356. The standard InChI is InChI=1S/C24H14F2S/c25-17-9-5-13-21-23(17)24-18(26)10-6-14-22(24)27(21)19-11-3-1-7-15(19)16-8-2-4-12-20(16)27/h1-14H. The molecule has 0 radical (unpaired) electrons. The average Bonchev–Trinajstić information content (AvgIpc) is 3.17. The summed E-state index contributed by atoms with van der Waals surface area (Å²) in [6.07, 6.45) is 0. The summed E-state index contributed by atoms with van der Waals surface area (Å²) in [5, 5.41) is 0. The molecular weight excluding hydrogens is 358 g/mol. The van der Waals surface area contributed by atoms with E-state index in [2.05, 4.69) is 24.3 Å². The van der Waals surface area contributed by atoms with Gasteiger partial charge >= 0.3 is 0 Å². The van der Waals surface area contributed by atoms with E-state index >= 15 is 0 Å². The van der Waals surface area contributed by atoms with Crippen LogP contribution in [0.2, 0.25) is 0 Å². The van der Waals surface area contributed by atoms with E-state index in [-0.39, 0.29) is 11.6 Å². The summed E-state index contributed by atoms with van der Waals surface area (Å²) >= 11 is 0. The monoisotopic (exact) mass is 372 g/mol. The van der Waals surface area contributed by atoms with Gasteiger partial charge in [-0.1, -0.05) is 48.5 Å². The summed E-state index contributed by atoms with van der Waals surface area (Å²) < 4.78 is 30.0. The second kappa shape index (κ2) is 5.08. The summed E-state index contributed by atoms with van der Waals surface area (Å²) in [4.78, 5) is 4.14. The largest absolute Gasteiger partial charge is 0.206 e. The molecule has 2 aliphatic heterocycles. The van der Waals surface area contributed by atoms with Gasteiger partial charge in [0.05, 0.1) is 0 Å². The van der Waals surface area contributed by atoms with Crippen molar-refractivity contribution in [3.05, 3.63) is 96.6 Å². The van der Waals surface area contributed by atoms with Gasteiger partial charge in [-0.05, 0) is 47.5 Å². The van der Waals surface area contributed by atoms with E-state index in [1.54, 1.807) is 12.1 Å². The van der Waals surface area contributed by atoms with Crippen molar-refractivity contribution in [3.8, 4) is 22.3 Å². The molecule has 2 heterocycles. The van der Waals surface area contributed by atoms with Gasteiger partial charge in [0.2, 0.25) is 0 Å². The topological polar surface area (TPSA) is 0 Å². The van der Waals surface area contributed by atoms with Gasteiger partial charge in [0.25, 0.3) is 0 Å². The minimum Gasteiger partial charge on any atom is -0.206 e. The van der Waals surface area contributed by atoms with E-state index < -0.39 is 10.0 Å². The van der Waals surface area contributed by atoms with E-state index in [0.29, 0.717) is 11.1 Å². The van der Waals surface area contributed by atoms with Crippen molar-refractivity contribution in [2.24, 2.45) is 0 Å². The molecule has 0 aliphatic carbocycles. The first-order valence-corrected chi connectivity index (χ1v) is 10.5. The molecule has 130 valence electrons. The molecule has 2 aliphatic rings. The Labute approximate surface area is 157 Å². The van der Waals surface area contributed by atoms with Gasteiger partial charge in [-0.25, -0.2) is 8.78 Å². The number of hydrogen-bond acceptors (Lipinski definition) is 0. The van der Waals surface area contributed by atoms with Gasteiger partial charge in [-0.2, -0.15) is 0 Å². The molecule has 6 rings (SSSR count). The van der Waals surface area contributed by atoms with Crippen LogP contribution in [0.15, 0.2) is 105 Å². The molecule has 0 N–H and O–H groups in total. The summed E-state index contributed by atoms with van der Waals surface area (Å²) in [6, 6.07) is 26.9. The molecule has 4 aromatic rings. The molecule has 0 saturated carbocycles. The van der Waals surface area contributed by atoms with E-state index in [1.165, 1.54) is 21.9 Å². The lowest BCUT2D eigenvalue weighted by molar-refractivity contribution is 0.612. The zero-order valence-corrected chi connectivity index (χ0v) is 15.1. The van der Waals surface area contributed by atoms with Crippen molar-refractivity contribution < 1.29 is 8.78 Å². The van der Waals surface area contributed by atoms with Crippen molar-refractivity contribution >= 4 is 10.0 Å². The summed E-state index contributed by atoms with van der Waals surface area (Å²) in [5.41, 5.74) is 3.17. The lowest BCUT2D eigenvalue weighted by atomic mass is 10.0. The predicted molar refractivity (Wildman–Crippen MR) is 104 cm³/mol. The van der Waals surface area contributed by atoms with Crippen LogP contribution in [-0.4, -0.2) is 0 Å². The Morgan fingerprint density at radius 3 is 1.33 bits per heavy atom. The Bertz CT molecular complexity index is 1160. The highest BCUT2D eigenvalue weighted by Gasteiger charge is 2.49. The van der Waals surface area contributed by atoms with Gasteiger partial charge in [-0.3, -0.25) is 0 Å². The summed E-state index contributed by atoms with van der Waals surface area (Å²) in [6.45, 7) is 0. The third-order valence-corrected chi connectivity index (χ3v) is 9.62. The zero-order valence-electron chi connectivity index (χ0n) is 14.2.